The van der Waals surface area contributed by atoms with Gasteiger partial charge in [-0.25, -0.2) is 4.39 Å². The lowest BCUT2D eigenvalue weighted by Crippen LogP contribution is -2.42. The van der Waals surface area contributed by atoms with Crippen molar-refractivity contribution in [3.63, 3.8) is 0 Å². The Hall–Kier alpha value is -3.49. The lowest BCUT2D eigenvalue weighted by atomic mass is 9.95. The maximum atomic E-state index is 13.6. The molecule has 0 radical (unpaired) electrons. The summed E-state index contributed by atoms with van der Waals surface area (Å²) in [7, 11) is 0. The number of nitro groups is 1. The smallest absolute Gasteiger partial charge is 0.310 e. The number of carbonyl (C=O) groups is 2. The second-order valence-electron chi connectivity index (χ2n) is 7.33. The van der Waals surface area contributed by atoms with E-state index in [4.69, 9.17) is 0 Å². The van der Waals surface area contributed by atoms with Crippen LogP contribution in [0.5, 0.6) is 5.75 Å². The van der Waals surface area contributed by atoms with Gasteiger partial charge in [-0.05, 0) is 49.1 Å². The highest BCUT2D eigenvalue weighted by atomic mass is 19.1. The first-order chi connectivity index (χ1) is 14.3. The van der Waals surface area contributed by atoms with Crippen LogP contribution in [0.15, 0.2) is 36.4 Å². The molecule has 0 aromatic heterocycles. The largest absolute Gasteiger partial charge is 0.502 e. The third-order valence-corrected chi connectivity index (χ3v) is 5.28. The number of piperidine rings is 1. The van der Waals surface area contributed by atoms with Gasteiger partial charge in [0.05, 0.1) is 4.92 Å². The van der Waals surface area contributed by atoms with E-state index < -0.39 is 16.4 Å². The normalized spacial score (nSPS) is 14.4. The molecule has 0 aliphatic carbocycles. The number of nitro benzene ring substituents is 1. The number of hydrogen-bond acceptors (Lipinski definition) is 5. The summed E-state index contributed by atoms with van der Waals surface area (Å²) in [6.07, 6.45) is 0.942. The Labute approximate surface area is 172 Å². The summed E-state index contributed by atoms with van der Waals surface area (Å²) in [5, 5.41) is 23.3. The minimum atomic E-state index is -0.724. The molecule has 2 amide bonds. The number of amides is 2. The van der Waals surface area contributed by atoms with Crippen LogP contribution >= 0.6 is 0 Å². The van der Waals surface area contributed by atoms with Crippen molar-refractivity contribution in [1.82, 2.24) is 10.2 Å². The molecule has 1 saturated heterocycles. The summed E-state index contributed by atoms with van der Waals surface area (Å²) >= 11 is 0. The minimum Gasteiger partial charge on any atom is -0.502 e. The maximum absolute atomic E-state index is 13.6. The number of benzene rings is 2. The number of phenolic OH excluding ortho intramolecular Hbond substituents is 1. The monoisotopic (exact) mass is 415 g/mol. The molecule has 2 aromatic rings. The summed E-state index contributed by atoms with van der Waals surface area (Å²) < 4.78 is 13.6. The zero-order valence-corrected chi connectivity index (χ0v) is 16.4. The van der Waals surface area contributed by atoms with E-state index in [1.807, 2.05) is 0 Å². The van der Waals surface area contributed by atoms with E-state index in [-0.39, 0.29) is 35.7 Å². The number of rotatable bonds is 5. The number of aromatic hydroxyl groups is 1. The Balaban J connectivity index is 1.53. The van der Waals surface area contributed by atoms with Gasteiger partial charge in [0, 0.05) is 37.2 Å². The molecule has 8 nitrogen and oxygen atoms in total. The number of aryl methyl sites for hydroxylation is 1. The Morgan fingerprint density at radius 2 is 1.93 bits per heavy atom. The van der Waals surface area contributed by atoms with Crippen molar-refractivity contribution in [2.24, 2.45) is 5.92 Å². The fourth-order valence-corrected chi connectivity index (χ4v) is 3.42. The van der Waals surface area contributed by atoms with Gasteiger partial charge in [0.2, 0.25) is 5.91 Å². The van der Waals surface area contributed by atoms with Crippen LogP contribution in [0.2, 0.25) is 0 Å². The van der Waals surface area contributed by atoms with Crippen LogP contribution < -0.4 is 5.32 Å². The zero-order valence-electron chi connectivity index (χ0n) is 16.4. The summed E-state index contributed by atoms with van der Waals surface area (Å²) in [6, 6.07) is 8.31. The molecule has 2 aromatic carbocycles. The molecule has 1 aliphatic rings. The van der Waals surface area contributed by atoms with Crippen LogP contribution in [0, 0.1) is 28.8 Å². The average Bonchev–Trinajstić information content (AvgIpc) is 2.73. The highest BCUT2D eigenvalue weighted by molar-refractivity contribution is 5.95. The van der Waals surface area contributed by atoms with Crippen molar-refractivity contribution in [1.29, 1.82) is 0 Å². The van der Waals surface area contributed by atoms with Crippen molar-refractivity contribution >= 4 is 17.5 Å². The Kier molecular flexibility index (Phi) is 6.29. The molecule has 9 heteroatoms. The molecule has 2 N–H and O–H groups in total. The molecule has 0 atom stereocenters. The molecule has 158 valence electrons. The van der Waals surface area contributed by atoms with E-state index in [0.29, 0.717) is 37.1 Å². The topological polar surface area (TPSA) is 113 Å². The summed E-state index contributed by atoms with van der Waals surface area (Å²) in [5.74, 6) is -1.63. The van der Waals surface area contributed by atoms with Gasteiger partial charge in [0.1, 0.15) is 5.82 Å². The Morgan fingerprint density at radius 1 is 1.23 bits per heavy atom. The number of nitrogens with one attached hydrogen (secondary N) is 1. The van der Waals surface area contributed by atoms with Crippen LogP contribution in [0.1, 0.15) is 34.3 Å². The predicted octanol–water partition coefficient (Wildman–Crippen LogP) is 2.92. The van der Waals surface area contributed by atoms with E-state index in [1.54, 1.807) is 24.0 Å². The molecule has 3 rings (SSSR count). The summed E-state index contributed by atoms with van der Waals surface area (Å²) in [4.78, 5) is 36.6. The average molecular weight is 415 g/mol. The van der Waals surface area contributed by atoms with Crippen LogP contribution in [0.25, 0.3) is 0 Å². The number of phenols is 1. The molecule has 1 aliphatic heterocycles. The predicted molar refractivity (Wildman–Crippen MR) is 106 cm³/mol. The summed E-state index contributed by atoms with van der Waals surface area (Å²) in [5.41, 5.74) is 0.915. The van der Waals surface area contributed by atoms with E-state index in [1.165, 1.54) is 12.1 Å². The van der Waals surface area contributed by atoms with Gasteiger partial charge in [-0.15, -0.1) is 0 Å². The van der Waals surface area contributed by atoms with Crippen LogP contribution in [-0.2, 0) is 11.3 Å². The molecule has 30 heavy (non-hydrogen) atoms. The third-order valence-electron chi connectivity index (χ3n) is 5.28. The molecule has 1 heterocycles. The van der Waals surface area contributed by atoms with E-state index in [0.717, 1.165) is 12.1 Å². The molecule has 0 saturated carbocycles. The number of hydrogen-bond donors (Lipinski definition) is 2. The SMILES string of the molecule is Cc1ccc(CNC(=O)C2CCN(C(=O)c3ccc([N+](=O)[O-])c(O)c3)CC2)cc1F. The van der Waals surface area contributed by atoms with Gasteiger partial charge in [0.15, 0.2) is 5.75 Å². The van der Waals surface area contributed by atoms with Crippen molar-refractivity contribution < 1.29 is 24.0 Å². The lowest BCUT2D eigenvalue weighted by molar-refractivity contribution is -0.385. The maximum Gasteiger partial charge on any atom is 0.310 e. The Morgan fingerprint density at radius 3 is 2.53 bits per heavy atom. The van der Waals surface area contributed by atoms with Gasteiger partial charge in [-0.2, -0.15) is 0 Å². The molecule has 1 fully saturated rings. The van der Waals surface area contributed by atoms with Crippen molar-refractivity contribution in [2.45, 2.75) is 26.3 Å². The molecule has 0 unspecified atom stereocenters. The van der Waals surface area contributed by atoms with Gasteiger partial charge in [-0.1, -0.05) is 12.1 Å². The first kappa shape index (κ1) is 21.2. The number of likely N-dealkylation sites (tertiary alicyclic amines) is 1. The van der Waals surface area contributed by atoms with Crippen molar-refractivity contribution in [3.8, 4) is 5.75 Å². The van der Waals surface area contributed by atoms with Gasteiger partial charge < -0.3 is 15.3 Å². The highest BCUT2D eigenvalue weighted by Crippen LogP contribution is 2.27. The van der Waals surface area contributed by atoms with E-state index in [9.17, 15) is 29.2 Å². The summed E-state index contributed by atoms with van der Waals surface area (Å²) in [6.45, 7) is 2.61. The quantitative estimate of drug-likeness (QED) is 0.576. The van der Waals surface area contributed by atoms with E-state index >= 15 is 0 Å². The first-order valence-corrected chi connectivity index (χ1v) is 9.55. The van der Waals surface area contributed by atoms with Crippen molar-refractivity contribution in [3.05, 3.63) is 69.0 Å². The number of carbonyl (C=O) groups excluding carboxylic acids is 2. The molecule has 0 spiro atoms. The van der Waals surface area contributed by atoms with E-state index in [2.05, 4.69) is 5.32 Å². The van der Waals surface area contributed by atoms with Gasteiger partial charge in [0.25, 0.3) is 5.91 Å². The van der Waals surface area contributed by atoms with Crippen LogP contribution in [-0.4, -0.2) is 39.8 Å². The van der Waals surface area contributed by atoms with Crippen LogP contribution in [0.4, 0.5) is 10.1 Å². The minimum absolute atomic E-state index is 0.143. The molecular weight excluding hydrogens is 393 g/mol. The molecule has 0 bridgehead atoms. The van der Waals surface area contributed by atoms with Gasteiger partial charge in [-0.3, -0.25) is 19.7 Å². The Bertz CT molecular complexity index is 987. The standard InChI is InChI=1S/C21H22FN3O5/c1-13-2-3-14(10-17(13)22)12-23-20(27)15-6-8-24(9-7-15)21(28)16-4-5-18(25(29)30)19(26)11-16/h2-5,10-11,15,26H,6-9,12H2,1H3,(H,23,27). The second-order valence-corrected chi connectivity index (χ2v) is 7.33. The van der Waals surface area contributed by atoms with Gasteiger partial charge >= 0.3 is 5.69 Å². The first-order valence-electron chi connectivity index (χ1n) is 9.55. The third kappa shape index (κ3) is 4.73. The fraction of sp³-hybridized carbons (Fsp3) is 0.333. The molecular formula is C21H22FN3O5. The number of nitrogens with zero attached hydrogens (tertiary/aromatic N) is 2. The van der Waals surface area contributed by atoms with Crippen LogP contribution in [0.3, 0.4) is 0 Å². The van der Waals surface area contributed by atoms with Crippen molar-refractivity contribution in [2.75, 3.05) is 13.1 Å². The number of halogens is 1. The fourth-order valence-electron chi connectivity index (χ4n) is 3.42. The highest BCUT2D eigenvalue weighted by Gasteiger charge is 2.28. The lowest BCUT2D eigenvalue weighted by Gasteiger charge is -2.31. The zero-order chi connectivity index (χ0) is 21.8. The second kappa shape index (κ2) is 8.89.